The van der Waals surface area contributed by atoms with Crippen molar-refractivity contribution < 1.29 is 9.84 Å². The molecule has 0 aromatic carbocycles. The Morgan fingerprint density at radius 3 is 2.88 bits per heavy atom. The molecule has 2 nitrogen and oxygen atoms in total. The summed E-state index contributed by atoms with van der Waals surface area (Å²) in [6, 6.07) is 0. The number of rotatable bonds is 2. The molecule has 0 aromatic rings. The highest BCUT2D eigenvalue weighted by Gasteiger charge is 2.69. The molecule has 0 aromatic heterocycles. The lowest BCUT2D eigenvalue weighted by molar-refractivity contribution is -0.111. The van der Waals surface area contributed by atoms with Crippen LogP contribution in [0.25, 0.3) is 0 Å². The minimum Gasteiger partial charge on any atom is -0.396 e. The molecular weight excluding hydrogens is 212 g/mol. The van der Waals surface area contributed by atoms with Gasteiger partial charge in [-0.05, 0) is 69.1 Å². The van der Waals surface area contributed by atoms with Crippen molar-refractivity contribution in [3.63, 3.8) is 0 Å². The number of hydrogen-bond donors (Lipinski definition) is 1. The van der Waals surface area contributed by atoms with Crippen LogP contribution >= 0.6 is 0 Å². The van der Waals surface area contributed by atoms with Crippen LogP contribution in [0, 0.1) is 22.7 Å². The van der Waals surface area contributed by atoms with Gasteiger partial charge >= 0.3 is 0 Å². The van der Waals surface area contributed by atoms with E-state index in [4.69, 9.17) is 4.74 Å². The molecule has 4 saturated carbocycles. The van der Waals surface area contributed by atoms with Gasteiger partial charge in [0.1, 0.15) is 0 Å². The van der Waals surface area contributed by atoms with Crippen molar-refractivity contribution in [2.24, 2.45) is 22.7 Å². The SMILES string of the molecule is CC1(C23CC4CC2CC(CO)(C4)C3)CCCO1. The molecule has 0 spiro atoms. The van der Waals surface area contributed by atoms with E-state index in [1.807, 2.05) is 0 Å². The first-order valence-electron chi connectivity index (χ1n) is 7.36. The molecule has 4 bridgehead atoms. The fraction of sp³-hybridized carbons (Fsp3) is 1.00. The summed E-state index contributed by atoms with van der Waals surface area (Å²) in [5.74, 6) is 1.73. The van der Waals surface area contributed by atoms with E-state index in [0.29, 0.717) is 12.0 Å². The van der Waals surface area contributed by atoms with Crippen molar-refractivity contribution in [3.8, 4) is 0 Å². The summed E-state index contributed by atoms with van der Waals surface area (Å²) >= 11 is 0. The average Bonchev–Trinajstić information content (AvgIpc) is 2.91. The number of aliphatic hydroxyl groups is 1. The first-order valence-corrected chi connectivity index (χ1v) is 7.36. The fourth-order valence-corrected chi connectivity index (χ4v) is 6.27. The standard InChI is InChI=1S/C15H24O2/c1-13(3-2-4-17-13)15-7-11-5-12(15)8-14(6-11,9-15)10-16/h11-12,16H,2-10H2,1H3. The summed E-state index contributed by atoms with van der Waals surface area (Å²) in [5, 5.41) is 9.81. The van der Waals surface area contributed by atoms with E-state index in [1.165, 1.54) is 44.9 Å². The first kappa shape index (κ1) is 10.8. The molecular formula is C15H24O2. The summed E-state index contributed by atoms with van der Waals surface area (Å²) in [6.07, 6.45) is 9.10. The monoisotopic (exact) mass is 236 g/mol. The number of aliphatic hydroxyl groups excluding tert-OH is 1. The Morgan fingerprint density at radius 1 is 1.29 bits per heavy atom. The van der Waals surface area contributed by atoms with Crippen LogP contribution in [0.2, 0.25) is 0 Å². The van der Waals surface area contributed by atoms with E-state index in [1.54, 1.807) is 0 Å². The average molecular weight is 236 g/mol. The van der Waals surface area contributed by atoms with E-state index in [2.05, 4.69) is 6.92 Å². The Kier molecular flexibility index (Phi) is 1.96. The first-order chi connectivity index (χ1) is 8.12. The van der Waals surface area contributed by atoms with Crippen LogP contribution in [0.1, 0.15) is 51.9 Å². The largest absolute Gasteiger partial charge is 0.396 e. The van der Waals surface area contributed by atoms with Crippen LogP contribution in [0.5, 0.6) is 0 Å². The van der Waals surface area contributed by atoms with Gasteiger partial charge in [0.05, 0.1) is 5.60 Å². The molecule has 5 fully saturated rings. The molecule has 1 heterocycles. The lowest BCUT2D eigenvalue weighted by Gasteiger charge is -2.48. The summed E-state index contributed by atoms with van der Waals surface area (Å²) in [6.45, 7) is 3.74. The maximum absolute atomic E-state index is 9.81. The van der Waals surface area contributed by atoms with Gasteiger partial charge in [0.2, 0.25) is 0 Å². The molecule has 1 aliphatic heterocycles. The van der Waals surface area contributed by atoms with Crippen LogP contribution < -0.4 is 0 Å². The predicted molar refractivity (Wildman–Crippen MR) is 65.6 cm³/mol. The van der Waals surface area contributed by atoms with Crippen molar-refractivity contribution in [1.29, 1.82) is 0 Å². The van der Waals surface area contributed by atoms with Crippen LogP contribution in [0.4, 0.5) is 0 Å². The Morgan fingerprint density at radius 2 is 2.18 bits per heavy atom. The molecule has 1 saturated heterocycles. The molecule has 4 aliphatic carbocycles. The lowest BCUT2D eigenvalue weighted by Crippen LogP contribution is -2.47. The van der Waals surface area contributed by atoms with Crippen molar-refractivity contribution in [2.45, 2.75) is 57.5 Å². The zero-order valence-corrected chi connectivity index (χ0v) is 10.9. The molecule has 5 unspecified atom stereocenters. The number of hydrogen-bond acceptors (Lipinski definition) is 2. The van der Waals surface area contributed by atoms with Gasteiger partial charge in [-0.1, -0.05) is 0 Å². The number of ether oxygens (including phenoxy) is 1. The van der Waals surface area contributed by atoms with E-state index in [9.17, 15) is 5.11 Å². The Balaban J connectivity index is 1.75. The molecule has 5 atom stereocenters. The summed E-state index contributed by atoms with van der Waals surface area (Å²) < 4.78 is 6.21. The third-order valence-electron chi connectivity index (χ3n) is 6.75. The molecule has 0 radical (unpaired) electrons. The van der Waals surface area contributed by atoms with Gasteiger partial charge in [-0.15, -0.1) is 0 Å². The van der Waals surface area contributed by atoms with E-state index in [-0.39, 0.29) is 11.0 Å². The fourth-order valence-electron chi connectivity index (χ4n) is 6.27. The quantitative estimate of drug-likeness (QED) is 0.799. The van der Waals surface area contributed by atoms with Crippen LogP contribution in [0.15, 0.2) is 0 Å². The molecule has 2 heteroatoms. The van der Waals surface area contributed by atoms with Gasteiger partial charge < -0.3 is 9.84 Å². The summed E-state index contributed by atoms with van der Waals surface area (Å²) in [7, 11) is 0. The molecule has 96 valence electrons. The van der Waals surface area contributed by atoms with Crippen LogP contribution in [-0.2, 0) is 4.74 Å². The topological polar surface area (TPSA) is 29.5 Å². The predicted octanol–water partition coefficient (Wildman–Crippen LogP) is 2.74. The van der Waals surface area contributed by atoms with Gasteiger partial charge in [0.25, 0.3) is 0 Å². The van der Waals surface area contributed by atoms with Crippen molar-refractivity contribution >= 4 is 0 Å². The highest BCUT2D eigenvalue weighted by molar-refractivity contribution is 5.19. The minimum absolute atomic E-state index is 0.129. The lowest BCUT2D eigenvalue weighted by atomic mass is 9.61. The maximum atomic E-state index is 9.81. The van der Waals surface area contributed by atoms with E-state index in [0.717, 1.165) is 18.4 Å². The third-order valence-corrected chi connectivity index (χ3v) is 6.75. The maximum Gasteiger partial charge on any atom is 0.0714 e. The zero-order valence-electron chi connectivity index (χ0n) is 10.9. The zero-order chi connectivity index (χ0) is 11.7. The molecule has 5 aliphatic rings. The highest BCUT2D eigenvalue weighted by atomic mass is 16.5. The van der Waals surface area contributed by atoms with Crippen molar-refractivity contribution in [2.75, 3.05) is 13.2 Å². The second-order valence-electron chi connectivity index (χ2n) is 7.58. The van der Waals surface area contributed by atoms with E-state index >= 15 is 0 Å². The van der Waals surface area contributed by atoms with Gasteiger partial charge in [-0.3, -0.25) is 0 Å². The van der Waals surface area contributed by atoms with Gasteiger partial charge in [0.15, 0.2) is 0 Å². The highest BCUT2D eigenvalue weighted by Crippen LogP contribution is 2.74. The van der Waals surface area contributed by atoms with Crippen molar-refractivity contribution in [3.05, 3.63) is 0 Å². The molecule has 1 N–H and O–H groups in total. The second kappa shape index (κ2) is 3.08. The minimum atomic E-state index is 0.129. The smallest absolute Gasteiger partial charge is 0.0714 e. The summed E-state index contributed by atoms with van der Waals surface area (Å²) in [4.78, 5) is 0. The van der Waals surface area contributed by atoms with Gasteiger partial charge in [-0.25, -0.2) is 0 Å². The Labute approximate surface area is 104 Å². The molecule has 5 rings (SSSR count). The summed E-state index contributed by atoms with van der Waals surface area (Å²) in [5.41, 5.74) is 0.833. The van der Waals surface area contributed by atoms with Gasteiger partial charge in [0, 0.05) is 18.6 Å². The van der Waals surface area contributed by atoms with E-state index < -0.39 is 0 Å². The van der Waals surface area contributed by atoms with Crippen LogP contribution in [0.3, 0.4) is 0 Å². The normalized spacial score (nSPS) is 60.4. The van der Waals surface area contributed by atoms with Gasteiger partial charge in [-0.2, -0.15) is 0 Å². The molecule has 0 amide bonds. The van der Waals surface area contributed by atoms with Crippen LogP contribution in [-0.4, -0.2) is 23.9 Å². The second-order valence-corrected chi connectivity index (χ2v) is 7.58. The Hall–Kier alpha value is -0.0800. The third kappa shape index (κ3) is 1.14. The molecule has 17 heavy (non-hydrogen) atoms. The Bertz CT molecular complexity index is 347. The van der Waals surface area contributed by atoms with Crippen molar-refractivity contribution in [1.82, 2.24) is 0 Å².